The van der Waals surface area contributed by atoms with Crippen molar-refractivity contribution in [3.05, 3.63) is 0 Å². The van der Waals surface area contributed by atoms with Gasteiger partial charge in [-0.05, 0) is 26.7 Å². The summed E-state index contributed by atoms with van der Waals surface area (Å²) < 4.78 is 0. The van der Waals surface area contributed by atoms with E-state index in [9.17, 15) is 4.79 Å². The summed E-state index contributed by atoms with van der Waals surface area (Å²) >= 11 is 5.97. The smallest absolute Gasteiger partial charge is 0.156 e. The van der Waals surface area contributed by atoms with Crippen LogP contribution in [-0.2, 0) is 4.79 Å². The first-order valence-electron chi connectivity index (χ1n) is 4.75. The third-order valence-electron chi connectivity index (χ3n) is 2.56. The van der Waals surface area contributed by atoms with E-state index in [-0.39, 0.29) is 11.7 Å². The molecule has 1 saturated carbocycles. The Balaban J connectivity index is 2.51. The lowest BCUT2D eigenvalue weighted by atomic mass is 9.82. The maximum atomic E-state index is 11.7. The van der Waals surface area contributed by atoms with E-state index in [0.717, 1.165) is 12.8 Å². The Labute approximate surface area is 79.5 Å². The van der Waals surface area contributed by atoms with Gasteiger partial charge in [0, 0.05) is 5.92 Å². The number of carbonyl (C=O) groups is 1. The molecule has 0 spiro atoms. The van der Waals surface area contributed by atoms with E-state index < -0.39 is 4.87 Å². The fraction of sp³-hybridized carbons (Fsp3) is 0.900. The molecule has 12 heavy (non-hydrogen) atoms. The van der Waals surface area contributed by atoms with Crippen LogP contribution in [0.2, 0.25) is 0 Å². The second-order valence-electron chi connectivity index (χ2n) is 4.17. The summed E-state index contributed by atoms with van der Waals surface area (Å²) in [6, 6.07) is 0. The molecule has 0 N–H and O–H groups in total. The summed E-state index contributed by atoms with van der Waals surface area (Å²) in [6.07, 6.45) is 5.78. The molecular formula is C10H17ClO. The molecule has 0 unspecified atom stereocenters. The molecule has 0 aliphatic heterocycles. The predicted molar refractivity (Wildman–Crippen MR) is 51.5 cm³/mol. The molecule has 0 aromatic carbocycles. The van der Waals surface area contributed by atoms with Gasteiger partial charge in [0.15, 0.2) is 5.78 Å². The fourth-order valence-corrected chi connectivity index (χ4v) is 2.00. The zero-order valence-corrected chi connectivity index (χ0v) is 8.66. The Morgan fingerprint density at radius 2 is 1.75 bits per heavy atom. The molecule has 70 valence electrons. The monoisotopic (exact) mass is 188 g/mol. The van der Waals surface area contributed by atoms with Crippen molar-refractivity contribution in [1.82, 2.24) is 0 Å². The zero-order chi connectivity index (χ0) is 9.19. The van der Waals surface area contributed by atoms with Crippen LogP contribution >= 0.6 is 11.6 Å². The number of alkyl halides is 1. The minimum absolute atomic E-state index is 0.240. The zero-order valence-electron chi connectivity index (χ0n) is 7.90. The van der Waals surface area contributed by atoms with E-state index in [4.69, 9.17) is 11.6 Å². The lowest BCUT2D eigenvalue weighted by Crippen LogP contribution is -2.32. The molecule has 1 rings (SSSR count). The van der Waals surface area contributed by atoms with Crippen LogP contribution in [0.25, 0.3) is 0 Å². The van der Waals surface area contributed by atoms with Crippen LogP contribution in [0.3, 0.4) is 0 Å². The van der Waals surface area contributed by atoms with Crippen LogP contribution in [0, 0.1) is 5.92 Å². The lowest BCUT2D eigenvalue weighted by molar-refractivity contribution is -0.125. The van der Waals surface area contributed by atoms with Crippen molar-refractivity contribution < 1.29 is 4.79 Å². The Morgan fingerprint density at radius 1 is 1.25 bits per heavy atom. The molecule has 2 heteroatoms. The Bertz CT molecular complexity index is 163. The van der Waals surface area contributed by atoms with Crippen LogP contribution in [0.1, 0.15) is 46.0 Å². The highest BCUT2D eigenvalue weighted by Crippen LogP contribution is 2.30. The summed E-state index contributed by atoms with van der Waals surface area (Å²) in [5.74, 6) is 0.482. The second-order valence-corrected chi connectivity index (χ2v) is 5.12. The SMILES string of the molecule is CC(C)(Cl)C(=O)C1CCCCC1. The standard InChI is InChI=1S/C10H17ClO/c1-10(2,11)9(12)8-6-4-3-5-7-8/h8H,3-7H2,1-2H3. The molecule has 0 radical (unpaired) electrons. The van der Waals surface area contributed by atoms with E-state index in [1.165, 1.54) is 19.3 Å². The van der Waals surface area contributed by atoms with Crippen molar-refractivity contribution >= 4 is 17.4 Å². The number of ketones is 1. The molecule has 1 aliphatic rings. The maximum absolute atomic E-state index is 11.7. The van der Waals surface area contributed by atoms with Crippen molar-refractivity contribution in [3.63, 3.8) is 0 Å². The van der Waals surface area contributed by atoms with Crippen LogP contribution in [0.5, 0.6) is 0 Å². The van der Waals surface area contributed by atoms with Crippen LogP contribution in [-0.4, -0.2) is 10.7 Å². The third-order valence-corrected chi connectivity index (χ3v) is 2.75. The van der Waals surface area contributed by atoms with Gasteiger partial charge in [-0.3, -0.25) is 4.79 Å². The van der Waals surface area contributed by atoms with E-state index in [0.29, 0.717) is 0 Å². The Morgan fingerprint density at radius 3 is 2.17 bits per heavy atom. The first-order valence-corrected chi connectivity index (χ1v) is 5.13. The summed E-state index contributed by atoms with van der Waals surface area (Å²) in [7, 11) is 0. The molecule has 1 fully saturated rings. The number of carbonyl (C=O) groups excluding carboxylic acids is 1. The van der Waals surface area contributed by atoms with Crippen molar-refractivity contribution in [2.75, 3.05) is 0 Å². The van der Waals surface area contributed by atoms with Crippen molar-refractivity contribution in [3.8, 4) is 0 Å². The quantitative estimate of drug-likeness (QED) is 0.609. The molecule has 0 aromatic rings. The van der Waals surface area contributed by atoms with Crippen molar-refractivity contribution in [2.24, 2.45) is 5.92 Å². The van der Waals surface area contributed by atoms with Gasteiger partial charge in [0.2, 0.25) is 0 Å². The Hall–Kier alpha value is -0.0400. The van der Waals surface area contributed by atoms with E-state index >= 15 is 0 Å². The number of Topliss-reactive ketones (excluding diaryl/α,β-unsaturated/α-hetero) is 1. The summed E-state index contributed by atoms with van der Waals surface area (Å²) in [5.41, 5.74) is 0. The van der Waals surface area contributed by atoms with Crippen molar-refractivity contribution in [2.45, 2.75) is 50.8 Å². The maximum Gasteiger partial charge on any atom is 0.156 e. The van der Waals surface area contributed by atoms with Crippen LogP contribution in [0.15, 0.2) is 0 Å². The normalized spacial score (nSPS) is 20.9. The Kier molecular flexibility index (Phi) is 3.16. The number of rotatable bonds is 2. The molecule has 0 heterocycles. The van der Waals surface area contributed by atoms with E-state index in [2.05, 4.69) is 0 Å². The molecule has 0 saturated heterocycles. The van der Waals surface area contributed by atoms with Gasteiger partial charge in [0.05, 0.1) is 4.87 Å². The van der Waals surface area contributed by atoms with Gasteiger partial charge in [-0.15, -0.1) is 11.6 Å². The lowest BCUT2D eigenvalue weighted by Gasteiger charge is -2.25. The summed E-state index contributed by atoms with van der Waals surface area (Å²) in [4.78, 5) is 11.0. The van der Waals surface area contributed by atoms with Gasteiger partial charge in [-0.1, -0.05) is 19.3 Å². The van der Waals surface area contributed by atoms with Gasteiger partial charge in [-0.25, -0.2) is 0 Å². The molecule has 0 atom stereocenters. The van der Waals surface area contributed by atoms with Gasteiger partial charge in [-0.2, -0.15) is 0 Å². The van der Waals surface area contributed by atoms with Crippen LogP contribution < -0.4 is 0 Å². The highest BCUT2D eigenvalue weighted by Gasteiger charge is 2.31. The van der Waals surface area contributed by atoms with E-state index in [1.54, 1.807) is 13.8 Å². The predicted octanol–water partition coefficient (Wildman–Crippen LogP) is 3.15. The first kappa shape index (κ1) is 10.0. The third kappa shape index (κ3) is 2.48. The van der Waals surface area contributed by atoms with Gasteiger partial charge >= 0.3 is 0 Å². The second kappa shape index (κ2) is 3.78. The highest BCUT2D eigenvalue weighted by atomic mass is 35.5. The number of hydrogen-bond donors (Lipinski definition) is 0. The molecule has 0 aromatic heterocycles. The van der Waals surface area contributed by atoms with Gasteiger partial charge in [0.25, 0.3) is 0 Å². The van der Waals surface area contributed by atoms with E-state index in [1.807, 2.05) is 0 Å². The number of halogens is 1. The van der Waals surface area contributed by atoms with Gasteiger partial charge in [0.1, 0.15) is 0 Å². The first-order chi connectivity index (χ1) is 5.52. The fourth-order valence-electron chi connectivity index (χ4n) is 1.85. The molecule has 0 amide bonds. The molecular weight excluding hydrogens is 172 g/mol. The van der Waals surface area contributed by atoms with Crippen LogP contribution in [0.4, 0.5) is 0 Å². The highest BCUT2D eigenvalue weighted by molar-refractivity contribution is 6.34. The average molecular weight is 189 g/mol. The molecule has 0 bridgehead atoms. The summed E-state index contributed by atoms with van der Waals surface area (Å²) in [6.45, 7) is 3.59. The minimum Gasteiger partial charge on any atom is -0.297 e. The largest absolute Gasteiger partial charge is 0.297 e. The van der Waals surface area contributed by atoms with Crippen molar-refractivity contribution in [1.29, 1.82) is 0 Å². The number of hydrogen-bond acceptors (Lipinski definition) is 1. The van der Waals surface area contributed by atoms with Gasteiger partial charge < -0.3 is 0 Å². The molecule has 1 nitrogen and oxygen atoms in total. The average Bonchev–Trinajstić information content (AvgIpc) is 2.03. The molecule has 1 aliphatic carbocycles. The minimum atomic E-state index is -0.651. The topological polar surface area (TPSA) is 17.1 Å². The summed E-state index contributed by atoms with van der Waals surface area (Å²) in [5, 5.41) is 0.